The van der Waals surface area contributed by atoms with Gasteiger partial charge in [0.15, 0.2) is 5.11 Å². The van der Waals surface area contributed by atoms with Gasteiger partial charge in [0.2, 0.25) is 5.95 Å². The van der Waals surface area contributed by atoms with Crippen LogP contribution in [0.1, 0.15) is 51.0 Å². The van der Waals surface area contributed by atoms with Crippen LogP contribution in [0.3, 0.4) is 0 Å². The Morgan fingerprint density at radius 2 is 1.50 bits per heavy atom. The largest absolute Gasteiger partial charge is 0.372 e. The van der Waals surface area contributed by atoms with E-state index in [0.29, 0.717) is 23.5 Å². The summed E-state index contributed by atoms with van der Waals surface area (Å²) in [5.74, 6) is 3.28. The van der Waals surface area contributed by atoms with Crippen molar-refractivity contribution in [2.45, 2.75) is 52.0 Å². The Labute approximate surface area is 208 Å². The number of benzene rings is 1. The van der Waals surface area contributed by atoms with Gasteiger partial charge in [-0.3, -0.25) is 0 Å². The number of thiocarbonyl (C=S) groups is 1. The van der Waals surface area contributed by atoms with Gasteiger partial charge in [0.05, 0.1) is 0 Å². The zero-order valence-corrected chi connectivity index (χ0v) is 21.1. The standard InChI is InChI=1S/C26H37N7S/c1-20-7-6-16-33(19-20)24-17-23(32-14-4-5-15-32)28-25(29-24)30-26(34)27-18-21-8-10-22(11-9-21)31-12-2-3-13-31/h8-11,17,20H,2-7,12-16,18-19H2,1H3,(H2,27,28,29,30,34)/t20-/m1/s1. The lowest BCUT2D eigenvalue weighted by Gasteiger charge is -2.32. The molecule has 4 heterocycles. The van der Waals surface area contributed by atoms with Crippen molar-refractivity contribution >= 4 is 40.6 Å². The van der Waals surface area contributed by atoms with Crippen LogP contribution >= 0.6 is 12.2 Å². The van der Waals surface area contributed by atoms with Gasteiger partial charge < -0.3 is 25.3 Å². The fraction of sp³-hybridized carbons (Fsp3) is 0.577. The molecule has 0 unspecified atom stereocenters. The molecule has 0 spiro atoms. The van der Waals surface area contributed by atoms with Crippen LogP contribution < -0.4 is 25.3 Å². The SMILES string of the molecule is C[C@@H]1CCCN(c2cc(N3CCCC3)nc(NC(=S)NCc3ccc(N4CCCC4)cc3)n2)C1. The van der Waals surface area contributed by atoms with Gasteiger partial charge in [-0.15, -0.1) is 0 Å². The molecule has 8 heteroatoms. The Balaban J connectivity index is 1.23. The van der Waals surface area contributed by atoms with Crippen molar-refractivity contribution in [1.29, 1.82) is 0 Å². The van der Waals surface area contributed by atoms with E-state index >= 15 is 0 Å². The minimum absolute atomic E-state index is 0.556. The first-order chi connectivity index (χ1) is 16.6. The van der Waals surface area contributed by atoms with Gasteiger partial charge in [-0.25, -0.2) is 0 Å². The average molecular weight is 480 g/mol. The second-order valence-corrected chi connectivity index (χ2v) is 10.4. The minimum Gasteiger partial charge on any atom is -0.372 e. The van der Waals surface area contributed by atoms with Crippen LogP contribution in [0.25, 0.3) is 0 Å². The maximum absolute atomic E-state index is 5.61. The van der Waals surface area contributed by atoms with Crippen LogP contribution in [-0.2, 0) is 6.54 Å². The lowest BCUT2D eigenvalue weighted by molar-refractivity contribution is 0.444. The second kappa shape index (κ2) is 10.8. The molecule has 3 fully saturated rings. The third kappa shape index (κ3) is 5.71. The topological polar surface area (TPSA) is 59.6 Å². The number of nitrogens with one attached hydrogen (secondary N) is 2. The molecular weight excluding hydrogens is 442 g/mol. The summed E-state index contributed by atoms with van der Waals surface area (Å²) >= 11 is 5.61. The van der Waals surface area contributed by atoms with E-state index in [-0.39, 0.29) is 0 Å². The van der Waals surface area contributed by atoms with Crippen LogP contribution in [0.2, 0.25) is 0 Å². The predicted octanol–water partition coefficient (Wildman–Crippen LogP) is 4.40. The molecule has 5 rings (SSSR count). The summed E-state index contributed by atoms with van der Waals surface area (Å²) in [7, 11) is 0. The van der Waals surface area contributed by atoms with Gasteiger partial charge >= 0.3 is 0 Å². The number of anilines is 4. The molecule has 3 saturated heterocycles. The summed E-state index contributed by atoms with van der Waals surface area (Å²) in [6.07, 6.45) is 7.53. The molecule has 0 bridgehead atoms. The van der Waals surface area contributed by atoms with Crippen molar-refractivity contribution in [1.82, 2.24) is 15.3 Å². The smallest absolute Gasteiger partial charge is 0.232 e. The summed E-state index contributed by atoms with van der Waals surface area (Å²) < 4.78 is 0. The summed E-state index contributed by atoms with van der Waals surface area (Å²) in [6, 6.07) is 11.0. The monoisotopic (exact) mass is 479 g/mol. The third-order valence-corrected chi connectivity index (χ3v) is 7.44. The molecule has 0 radical (unpaired) electrons. The molecular formula is C26H37N7S. The zero-order chi connectivity index (χ0) is 23.3. The number of aromatic nitrogens is 2. The molecule has 182 valence electrons. The van der Waals surface area contributed by atoms with Crippen molar-refractivity contribution in [2.75, 3.05) is 59.3 Å². The van der Waals surface area contributed by atoms with E-state index in [1.807, 2.05) is 0 Å². The fourth-order valence-corrected chi connectivity index (χ4v) is 5.44. The molecule has 2 N–H and O–H groups in total. The van der Waals surface area contributed by atoms with Crippen molar-refractivity contribution in [3.8, 4) is 0 Å². The van der Waals surface area contributed by atoms with Crippen molar-refractivity contribution in [3.05, 3.63) is 35.9 Å². The lowest BCUT2D eigenvalue weighted by Crippen LogP contribution is -2.35. The van der Waals surface area contributed by atoms with Crippen LogP contribution in [0.4, 0.5) is 23.3 Å². The third-order valence-electron chi connectivity index (χ3n) is 7.20. The van der Waals surface area contributed by atoms with E-state index < -0.39 is 0 Å². The van der Waals surface area contributed by atoms with E-state index in [2.05, 4.69) is 62.6 Å². The van der Waals surface area contributed by atoms with Gasteiger partial charge in [-0.05, 0) is 74.4 Å². The fourth-order valence-electron chi connectivity index (χ4n) is 5.27. The number of hydrogen-bond acceptors (Lipinski definition) is 6. The first-order valence-corrected chi connectivity index (χ1v) is 13.3. The van der Waals surface area contributed by atoms with Crippen molar-refractivity contribution in [2.24, 2.45) is 5.92 Å². The lowest BCUT2D eigenvalue weighted by atomic mass is 10.0. The molecule has 7 nitrogen and oxygen atoms in total. The van der Waals surface area contributed by atoms with Crippen molar-refractivity contribution in [3.63, 3.8) is 0 Å². The second-order valence-electron chi connectivity index (χ2n) is 9.96. The molecule has 2 aromatic rings. The normalized spacial score (nSPS) is 20.6. The summed E-state index contributed by atoms with van der Waals surface area (Å²) in [6.45, 7) is 9.55. The molecule has 3 aliphatic heterocycles. The van der Waals surface area contributed by atoms with Gasteiger partial charge in [-0.1, -0.05) is 19.1 Å². The number of piperidine rings is 1. The Morgan fingerprint density at radius 3 is 2.18 bits per heavy atom. The number of hydrogen-bond donors (Lipinski definition) is 2. The average Bonchev–Trinajstić information content (AvgIpc) is 3.58. The quantitative estimate of drug-likeness (QED) is 0.592. The maximum Gasteiger partial charge on any atom is 0.232 e. The molecule has 1 aromatic carbocycles. The minimum atomic E-state index is 0.556. The first kappa shape index (κ1) is 23.1. The van der Waals surface area contributed by atoms with Gasteiger partial charge in [0.25, 0.3) is 0 Å². The summed E-state index contributed by atoms with van der Waals surface area (Å²) in [5.41, 5.74) is 2.52. The van der Waals surface area contributed by atoms with Gasteiger partial charge in [0.1, 0.15) is 11.6 Å². The maximum atomic E-state index is 5.61. The summed E-state index contributed by atoms with van der Waals surface area (Å²) in [5, 5.41) is 7.15. The van der Waals surface area contributed by atoms with E-state index in [1.165, 1.54) is 62.9 Å². The van der Waals surface area contributed by atoms with E-state index in [0.717, 1.165) is 37.8 Å². The van der Waals surface area contributed by atoms with Crippen molar-refractivity contribution < 1.29 is 0 Å². The predicted molar refractivity (Wildman–Crippen MR) is 145 cm³/mol. The Bertz CT molecular complexity index is 968. The highest BCUT2D eigenvalue weighted by Crippen LogP contribution is 2.27. The van der Waals surface area contributed by atoms with E-state index in [9.17, 15) is 0 Å². The summed E-state index contributed by atoms with van der Waals surface area (Å²) in [4.78, 5) is 16.9. The Morgan fingerprint density at radius 1 is 0.882 bits per heavy atom. The molecule has 34 heavy (non-hydrogen) atoms. The van der Waals surface area contributed by atoms with Crippen LogP contribution in [0, 0.1) is 5.92 Å². The molecule has 1 atom stereocenters. The van der Waals surface area contributed by atoms with Gasteiger partial charge in [-0.2, -0.15) is 9.97 Å². The number of rotatable bonds is 6. The zero-order valence-electron chi connectivity index (χ0n) is 20.3. The van der Waals surface area contributed by atoms with Crippen LogP contribution in [-0.4, -0.2) is 54.3 Å². The van der Waals surface area contributed by atoms with Gasteiger partial charge in [0, 0.05) is 57.6 Å². The molecule has 0 saturated carbocycles. The highest BCUT2D eigenvalue weighted by atomic mass is 32.1. The van der Waals surface area contributed by atoms with E-state index in [1.54, 1.807) is 0 Å². The molecule has 3 aliphatic rings. The molecule has 0 aliphatic carbocycles. The Hall–Kier alpha value is -2.61. The molecule has 0 amide bonds. The van der Waals surface area contributed by atoms with Crippen LogP contribution in [0.15, 0.2) is 30.3 Å². The highest BCUT2D eigenvalue weighted by molar-refractivity contribution is 7.80. The number of nitrogens with zero attached hydrogens (tertiary/aromatic N) is 5. The Kier molecular flexibility index (Phi) is 7.33. The first-order valence-electron chi connectivity index (χ1n) is 12.9. The molecule has 1 aromatic heterocycles. The highest BCUT2D eigenvalue weighted by Gasteiger charge is 2.22. The van der Waals surface area contributed by atoms with Crippen LogP contribution in [0.5, 0.6) is 0 Å². The van der Waals surface area contributed by atoms with E-state index in [4.69, 9.17) is 22.2 Å².